The smallest absolute Gasteiger partial charge is 0.256 e. The van der Waals surface area contributed by atoms with Gasteiger partial charge < -0.3 is 10.2 Å². The highest BCUT2D eigenvalue weighted by Gasteiger charge is 2.13. The van der Waals surface area contributed by atoms with E-state index in [1.165, 1.54) is 18.4 Å². The molecule has 2 aromatic rings. The number of nitrogens with one attached hydrogen (secondary N) is 1. The third kappa shape index (κ3) is 3.11. The number of aryl methyl sites for hydroxylation is 2. The normalized spacial score (nSPS) is 14.2. The Balaban J connectivity index is 1.69. The second kappa shape index (κ2) is 6.18. The lowest BCUT2D eigenvalue weighted by atomic mass is 10.1. The first-order valence-corrected chi connectivity index (χ1v) is 7.73. The Labute approximate surface area is 131 Å². The summed E-state index contributed by atoms with van der Waals surface area (Å²) in [6, 6.07) is 9.61. The molecule has 1 fully saturated rings. The van der Waals surface area contributed by atoms with E-state index in [4.69, 9.17) is 0 Å². The molecule has 1 aromatic heterocycles. The Morgan fingerprint density at radius 2 is 1.86 bits per heavy atom. The Morgan fingerprint density at radius 3 is 2.50 bits per heavy atom. The number of aromatic nitrogens is 1. The Bertz CT molecular complexity index is 673. The third-order valence-corrected chi connectivity index (χ3v) is 4.23. The van der Waals surface area contributed by atoms with Crippen LogP contribution in [0.2, 0.25) is 0 Å². The van der Waals surface area contributed by atoms with Crippen LogP contribution in [0.4, 0.5) is 11.5 Å². The summed E-state index contributed by atoms with van der Waals surface area (Å²) in [5.74, 6) is 0.468. The number of amides is 1. The second-order valence-corrected chi connectivity index (χ2v) is 5.85. The van der Waals surface area contributed by atoms with Gasteiger partial charge in [0.15, 0.2) is 0 Å². The van der Waals surface area contributed by atoms with Gasteiger partial charge in [-0.05, 0) is 62.1 Å². The molecule has 22 heavy (non-hydrogen) atoms. The number of hydrogen-bond donors (Lipinski definition) is 1. The maximum absolute atomic E-state index is 12.3. The molecule has 0 atom stereocenters. The van der Waals surface area contributed by atoms with Gasteiger partial charge in [0.2, 0.25) is 0 Å². The number of pyridine rings is 1. The van der Waals surface area contributed by atoms with Crippen molar-refractivity contribution in [3.05, 3.63) is 53.2 Å². The summed E-state index contributed by atoms with van der Waals surface area (Å²) in [6.07, 6.45) is 4.32. The predicted octanol–water partition coefficient (Wildman–Crippen LogP) is 3.55. The van der Waals surface area contributed by atoms with Crippen LogP contribution < -0.4 is 10.2 Å². The van der Waals surface area contributed by atoms with Gasteiger partial charge in [0.05, 0.1) is 11.9 Å². The number of carbonyl (C=O) groups is 1. The molecule has 0 spiro atoms. The maximum Gasteiger partial charge on any atom is 0.256 e. The van der Waals surface area contributed by atoms with Gasteiger partial charge in [-0.3, -0.25) is 4.79 Å². The monoisotopic (exact) mass is 295 g/mol. The van der Waals surface area contributed by atoms with Gasteiger partial charge >= 0.3 is 0 Å². The molecular formula is C18H21N3O. The predicted molar refractivity (Wildman–Crippen MR) is 89.6 cm³/mol. The lowest BCUT2D eigenvalue weighted by molar-refractivity contribution is 0.102. The van der Waals surface area contributed by atoms with Gasteiger partial charge in [0.1, 0.15) is 5.82 Å². The van der Waals surface area contributed by atoms with E-state index in [1.807, 2.05) is 50.4 Å². The van der Waals surface area contributed by atoms with Crippen molar-refractivity contribution in [1.29, 1.82) is 0 Å². The minimum Gasteiger partial charge on any atom is -0.370 e. The van der Waals surface area contributed by atoms with E-state index in [2.05, 4.69) is 15.2 Å². The average molecular weight is 295 g/mol. The summed E-state index contributed by atoms with van der Waals surface area (Å²) in [6.45, 7) is 6.23. The quantitative estimate of drug-likeness (QED) is 0.942. The summed E-state index contributed by atoms with van der Waals surface area (Å²) in [5, 5.41) is 2.85. The summed E-state index contributed by atoms with van der Waals surface area (Å²) < 4.78 is 0. The molecule has 1 aliphatic heterocycles. The van der Waals surface area contributed by atoms with E-state index in [1.54, 1.807) is 0 Å². The van der Waals surface area contributed by atoms with Crippen molar-refractivity contribution in [3.63, 3.8) is 0 Å². The van der Waals surface area contributed by atoms with Gasteiger partial charge in [0, 0.05) is 18.7 Å². The molecule has 0 radical (unpaired) electrons. The summed E-state index contributed by atoms with van der Waals surface area (Å²) >= 11 is 0. The number of nitrogens with zero attached hydrogens (tertiary/aromatic N) is 2. The minimum atomic E-state index is -0.121. The molecule has 114 valence electrons. The zero-order valence-electron chi connectivity index (χ0n) is 13.1. The van der Waals surface area contributed by atoms with Gasteiger partial charge in [-0.15, -0.1) is 0 Å². The van der Waals surface area contributed by atoms with E-state index in [9.17, 15) is 4.79 Å². The van der Waals surface area contributed by atoms with Crippen molar-refractivity contribution in [2.75, 3.05) is 23.3 Å². The van der Waals surface area contributed by atoms with Crippen molar-refractivity contribution in [3.8, 4) is 0 Å². The molecule has 1 saturated heterocycles. The van der Waals surface area contributed by atoms with Crippen molar-refractivity contribution < 1.29 is 4.79 Å². The van der Waals surface area contributed by atoms with Gasteiger partial charge in [-0.25, -0.2) is 4.98 Å². The fraction of sp³-hybridized carbons (Fsp3) is 0.333. The van der Waals surface area contributed by atoms with Gasteiger partial charge in [-0.1, -0.05) is 6.07 Å². The Hall–Kier alpha value is -2.36. The van der Waals surface area contributed by atoms with Crippen molar-refractivity contribution in [2.24, 2.45) is 0 Å². The van der Waals surface area contributed by atoms with Gasteiger partial charge in [-0.2, -0.15) is 0 Å². The van der Waals surface area contributed by atoms with Crippen LogP contribution in [-0.4, -0.2) is 24.0 Å². The molecule has 1 amide bonds. The van der Waals surface area contributed by atoms with Crippen LogP contribution in [-0.2, 0) is 0 Å². The van der Waals surface area contributed by atoms with E-state index in [-0.39, 0.29) is 5.91 Å². The van der Waals surface area contributed by atoms with Crippen LogP contribution in [0.15, 0.2) is 36.5 Å². The molecule has 2 heterocycles. The van der Waals surface area contributed by atoms with Crippen LogP contribution >= 0.6 is 0 Å². The average Bonchev–Trinajstić information content (AvgIpc) is 3.05. The van der Waals surface area contributed by atoms with Crippen LogP contribution in [0.25, 0.3) is 0 Å². The van der Waals surface area contributed by atoms with E-state index < -0.39 is 0 Å². The summed E-state index contributed by atoms with van der Waals surface area (Å²) in [7, 11) is 0. The molecule has 4 heteroatoms. The lowest BCUT2D eigenvalue weighted by Gasteiger charge is -2.17. The molecule has 1 aliphatic rings. The van der Waals surface area contributed by atoms with Crippen LogP contribution in [0.5, 0.6) is 0 Å². The molecule has 1 aromatic carbocycles. The zero-order chi connectivity index (χ0) is 15.5. The fourth-order valence-corrected chi connectivity index (χ4v) is 2.69. The highest BCUT2D eigenvalue weighted by molar-refractivity contribution is 6.03. The minimum absolute atomic E-state index is 0.121. The summed E-state index contributed by atoms with van der Waals surface area (Å²) in [5.41, 5.74) is 4.09. The molecule has 0 saturated carbocycles. The first kappa shape index (κ1) is 14.6. The van der Waals surface area contributed by atoms with Crippen LogP contribution in [0.3, 0.4) is 0 Å². The van der Waals surface area contributed by atoms with E-state index in [0.29, 0.717) is 11.4 Å². The number of anilines is 2. The highest BCUT2D eigenvalue weighted by Crippen LogP contribution is 2.20. The largest absolute Gasteiger partial charge is 0.370 e. The van der Waals surface area contributed by atoms with Crippen molar-refractivity contribution >= 4 is 17.4 Å². The molecule has 0 aliphatic carbocycles. The molecule has 4 nitrogen and oxygen atoms in total. The number of benzene rings is 1. The SMILES string of the molecule is Cc1ccc(C(=O)Nc2ccc(N3CCCC3)cn2)cc1C. The van der Waals surface area contributed by atoms with Crippen molar-refractivity contribution in [2.45, 2.75) is 26.7 Å². The molecule has 0 unspecified atom stereocenters. The number of carbonyl (C=O) groups excluding carboxylic acids is 1. The fourth-order valence-electron chi connectivity index (χ4n) is 2.69. The topological polar surface area (TPSA) is 45.2 Å². The Morgan fingerprint density at radius 1 is 1.09 bits per heavy atom. The second-order valence-electron chi connectivity index (χ2n) is 5.85. The standard InChI is InChI=1S/C18H21N3O/c1-13-5-6-15(11-14(13)2)18(22)20-17-8-7-16(12-19-17)21-9-3-4-10-21/h5-8,11-12H,3-4,9-10H2,1-2H3,(H,19,20,22). The zero-order valence-corrected chi connectivity index (χ0v) is 13.1. The molecule has 0 bridgehead atoms. The highest BCUT2D eigenvalue weighted by atomic mass is 16.1. The number of hydrogen-bond acceptors (Lipinski definition) is 3. The molecule has 1 N–H and O–H groups in total. The first-order valence-electron chi connectivity index (χ1n) is 7.73. The number of rotatable bonds is 3. The maximum atomic E-state index is 12.3. The van der Waals surface area contributed by atoms with Gasteiger partial charge in [0.25, 0.3) is 5.91 Å². The van der Waals surface area contributed by atoms with Crippen LogP contribution in [0, 0.1) is 13.8 Å². The van der Waals surface area contributed by atoms with E-state index >= 15 is 0 Å². The molecular weight excluding hydrogens is 274 g/mol. The lowest BCUT2D eigenvalue weighted by Crippen LogP contribution is -2.18. The third-order valence-electron chi connectivity index (χ3n) is 4.23. The van der Waals surface area contributed by atoms with E-state index in [0.717, 1.165) is 24.3 Å². The summed E-state index contributed by atoms with van der Waals surface area (Å²) in [4.78, 5) is 18.9. The Kier molecular flexibility index (Phi) is 4.09. The molecule has 3 rings (SSSR count). The van der Waals surface area contributed by atoms with Crippen LogP contribution in [0.1, 0.15) is 34.3 Å². The van der Waals surface area contributed by atoms with Crippen molar-refractivity contribution in [1.82, 2.24) is 4.98 Å². The first-order chi connectivity index (χ1) is 10.6.